The van der Waals surface area contributed by atoms with Gasteiger partial charge < -0.3 is 29.2 Å². The lowest BCUT2D eigenvalue weighted by Gasteiger charge is -2.45. The number of nitrogens with one attached hydrogen (secondary N) is 1. The number of carbonyl (C=O) groups is 2. The second-order valence-electron chi connectivity index (χ2n) is 10.6. The van der Waals surface area contributed by atoms with Crippen LogP contribution in [0, 0.1) is 0 Å². The van der Waals surface area contributed by atoms with Crippen molar-refractivity contribution in [3.05, 3.63) is 24.0 Å². The molecule has 2 bridgehead atoms. The van der Waals surface area contributed by atoms with E-state index < -0.39 is 12.2 Å². The number of rotatable bonds is 3. The summed E-state index contributed by atoms with van der Waals surface area (Å²) in [7, 11) is 1.44. The lowest BCUT2D eigenvalue weighted by molar-refractivity contribution is -0.199. The van der Waals surface area contributed by atoms with E-state index in [1.54, 1.807) is 11.1 Å². The van der Waals surface area contributed by atoms with Gasteiger partial charge in [-0.05, 0) is 56.4 Å². The topological polar surface area (TPSA) is 115 Å². The third-order valence-electron chi connectivity index (χ3n) is 8.49. The molecule has 7 rings (SSSR count). The van der Waals surface area contributed by atoms with Gasteiger partial charge in [0, 0.05) is 38.2 Å². The van der Waals surface area contributed by atoms with Crippen molar-refractivity contribution in [2.45, 2.75) is 75.0 Å². The minimum Gasteiger partial charge on any atom is -0.475 e. The van der Waals surface area contributed by atoms with Gasteiger partial charge in [0.2, 0.25) is 5.88 Å². The van der Waals surface area contributed by atoms with Crippen molar-refractivity contribution in [1.82, 2.24) is 20.2 Å². The molecule has 0 spiro atoms. The number of alkyl carbamates (subject to hydrolysis) is 1. The summed E-state index contributed by atoms with van der Waals surface area (Å²) in [4.78, 5) is 38.1. The molecule has 1 aliphatic carbocycles. The predicted octanol–water partition coefficient (Wildman–Crippen LogP) is 3.05. The molecule has 2 aromatic heterocycles. The molecule has 196 valence electrons. The zero-order chi connectivity index (χ0) is 25.1. The number of aromatic nitrogens is 2. The third-order valence-corrected chi connectivity index (χ3v) is 8.49. The highest BCUT2D eigenvalue weighted by molar-refractivity contribution is 5.99. The number of anilines is 1. The highest BCUT2D eigenvalue weighted by Gasteiger charge is 2.53. The van der Waals surface area contributed by atoms with Gasteiger partial charge in [0.25, 0.3) is 0 Å². The summed E-state index contributed by atoms with van der Waals surface area (Å²) in [5.41, 5.74) is 0.668. The molecule has 11 nitrogen and oxygen atoms in total. The zero-order valence-corrected chi connectivity index (χ0v) is 20.9. The molecular formula is C26H31N5O6. The summed E-state index contributed by atoms with van der Waals surface area (Å²) in [6.45, 7) is 1.68. The van der Waals surface area contributed by atoms with Gasteiger partial charge in [-0.3, -0.25) is 4.90 Å². The first-order chi connectivity index (χ1) is 18.1. The molecule has 2 amide bonds. The molecule has 0 aromatic carbocycles. The van der Waals surface area contributed by atoms with E-state index in [1.807, 2.05) is 12.3 Å². The Morgan fingerprint density at radius 3 is 2.84 bits per heavy atom. The molecular weight excluding hydrogens is 478 g/mol. The fourth-order valence-corrected chi connectivity index (χ4v) is 6.57. The molecule has 6 heterocycles. The van der Waals surface area contributed by atoms with Crippen molar-refractivity contribution in [2.24, 2.45) is 0 Å². The Bertz CT molecular complexity index is 1250. The second-order valence-corrected chi connectivity index (χ2v) is 10.6. The number of nitrogens with zero attached hydrogens (tertiary/aromatic N) is 4. The largest absolute Gasteiger partial charge is 0.475 e. The van der Waals surface area contributed by atoms with E-state index in [2.05, 4.69) is 15.2 Å². The summed E-state index contributed by atoms with van der Waals surface area (Å²) in [5, 5.41) is 4.28. The van der Waals surface area contributed by atoms with E-state index in [0.717, 1.165) is 73.7 Å². The van der Waals surface area contributed by atoms with Gasteiger partial charge in [0.1, 0.15) is 12.4 Å². The Morgan fingerprint density at radius 2 is 2.05 bits per heavy atom. The summed E-state index contributed by atoms with van der Waals surface area (Å²) in [5.74, 6) is 1.38. The maximum Gasteiger partial charge on any atom is 0.419 e. The van der Waals surface area contributed by atoms with Crippen LogP contribution in [0.5, 0.6) is 5.88 Å². The molecule has 3 saturated heterocycles. The SMILES string of the molecule is CNC(=O)OC(=O)N1C2CCC1C1COc3nccc4c(C5(OC6CCCCO6)CC5)cnc(c34)N1C2. The maximum absolute atomic E-state index is 12.9. The van der Waals surface area contributed by atoms with Crippen molar-refractivity contribution in [2.75, 3.05) is 31.7 Å². The van der Waals surface area contributed by atoms with Crippen LogP contribution in [0.1, 0.15) is 50.5 Å². The molecule has 4 atom stereocenters. The summed E-state index contributed by atoms with van der Waals surface area (Å²) < 4.78 is 23.7. The van der Waals surface area contributed by atoms with Crippen molar-refractivity contribution in [3.63, 3.8) is 0 Å². The molecule has 11 heteroatoms. The van der Waals surface area contributed by atoms with Crippen molar-refractivity contribution >= 4 is 28.8 Å². The van der Waals surface area contributed by atoms with Crippen molar-refractivity contribution < 1.29 is 28.5 Å². The van der Waals surface area contributed by atoms with Gasteiger partial charge in [-0.2, -0.15) is 0 Å². The van der Waals surface area contributed by atoms with Crippen molar-refractivity contribution in [3.8, 4) is 5.88 Å². The third kappa shape index (κ3) is 3.70. The Balaban J connectivity index is 1.23. The minimum atomic E-state index is -0.755. The Kier molecular flexibility index (Phi) is 5.40. The fourth-order valence-electron chi connectivity index (χ4n) is 6.57. The van der Waals surface area contributed by atoms with E-state index in [4.69, 9.17) is 23.9 Å². The summed E-state index contributed by atoms with van der Waals surface area (Å²) >= 11 is 0. The molecule has 4 fully saturated rings. The average molecular weight is 510 g/mol. The van der Waals surface area contributed by atoms with Crippen molar-refractivity contribution in [1.29, 1.82) is 0 Å². The number of hydrogen-bond donors (Lipinski definition) is 1. The quantitative estimate of drug-likeness (QED) is 0.623. The number of ether oxygens (including phenoxy) is 4. The maximum atomic E-state index is 12.9. The molecule has 0 radical (unpaired) electrons. The molecule has 5 aliphatic rings. The predicted molar refractivity (Wildman–Crippen MR) is 131 cm³/mol. The van der Waals surface area contributed by atoms with Crippen LogP contribution in [0.25, 0.3) is 10.8 Å². The van der Waals surface area contributed by atoms with E-state index in [0.29, 0.717) is 19.0 Å². The molecule has 2 aromatic rings. The van der Waals surface area contributed by atoms with Gasteiger partial charge in [-0.25, -0.2) is 19.6 Å². The van der Waals surface area contributed by atoms with Crippen LogP contribution < -0.4 is 15.0 Å². The van der Waals surface area contributed by atoms with Gasteiger partial charge in [0.05, 0.1) is 29.1 Å². The van der Waals surface area contributed by atoms with Crippen LogP contribution in [0.4, 0.5) is 15.4 Å². The van der Waals surface area contributed by atoms with E-state index in [1.165, 1.54) is 7.05 Å². The van der Waals surface area contributed by atoms with E-state index in [9.17, 15) is 9.59 Å². The van der Waals surface area contributed by atoms with Crippen LogP contribution in [0.2, 0.25) is 0 Å². The first-order valence-corrected chi connectivity index (χ1v) is 13.3. The monoisotopic (exact) mass is 509 g/mol. The summed E-state index contributed by atoms with van der Waals surface area (Å²) in [6, 6.07) is 1.67. The first kappa shape index (κ1) is 23.0. The van der Waals surface area contributed by atoms with Crippen LogP contribution in [-0.4, -0.2) is 78.3 Å². The molecule has 4 unspecified atom stereocenters. The fraction of sp³-hybridized carbons (Fsp3) is 0.615. The minimum absolute atomic E-state index is 0.0743. The number of amides is 2. The Morgan fingerprint density at radius 1 is 1.16 bits per heavy atom. The standard InChI is InChI=1S/C26H31N5O6/c1-27-24(32)36-25(33)31-15-5-6-18(31)19-14-35-23-21-16(7-10-28-23)17(12-29-22(21)30(19)13-15)26(8-9-26)37-20-4-2-3-11-34-20/h7,10,12,15,18-20H,2-6,8-9,11,13-14H2,1H3,(H,27,32). The van der Waals surface area contributed by atoms with E-state index in [-0.39, 0.29) is 30.0 Å². The lowest BCUT2D eigenvalue weighted by atomic mass is 10.00. The Labute approximate surface area is 214 Å². The normalized spacial score (nSPS) is 29.2. The van der Waals surface area contributed by atoms with E-state index >= 15 is 0 Å². The molecule has 1 saturated carbocycles. The van der Waals surface area contributed by atoms with Gasteiger partial charge >= 0.3 is 12.2 Å². The van der Waals surface area contributed by atoms with Crippen LogP contribution in [-0.2, 0) is 19.8 Å². The second kappa shape index (κ2) is 8.70. The number of pyridine rings is 2. The number of piperazine rings is 1. The van der Waals surface area contributed by atoms with Gasteiger partial charge in [0.15, 0.2) is 6.29 Å². The molecule has 1 N–H and O–H groups in total. The van der Waals surface area contributed by atoms with Crippen LogP contribution >= 0.6 is 0 Å². The summed E-state index contributed by atoms with van der Waals surface area (Å²) in [6.07, 6.45) is 8.80. The lowest BCUT2D eigenvalue weighted by Crippen LogP contribution is -2.63. The molecule has 4 aliphatic heterocycles. The highest BCUT2D eigenvalue weighted by atomic mass is 16.7. The van der Waals surface area contributed by atoms with Crippen LogP contribution in [0.3, 0.4) is 0 Å². The van der Waals surface area contributed by atoms with Crippen LogP contribution in [0.15, 0.2) is 18.5 Å². The smallest absolute Gasteiger partial charge is 0.419 e. The molecule has 37 heavy (non-hydrogen) atoms. The van der Waals surface area contributed by atoms with Gasteiger partial charge in [-0.1, -0.05) is 0 Å². The Hall–Kier alpha value is -3.18. The number of fused-ring (bicyclic) bond motifs is 5. The number of hydrogen-bond acceptors (Lipinski definition) is 9. The first-order valence-electron chi connectivity index (χ1n) is 13.3. The number of carbonyl (C=O) groups excluding carboxylic acids is 2. The van der Waals surface area contributed by atoms with Gasteiger partial charge in [-0.15, -0.1) is 0 Å². The average Bonchev–Trinajstić information content (AvgIpc) is 3.65. The zero-order valence-electron chi connectivity index (χ0n) is 20.9. The highest BCUT2D eigenvalue weighted by Crippen LogP contribution is 2.54.